The lowest BCUT2D eigenvalue weighted by atomic mass is 10.2. The normalized spacial score (nSPS) is 21.4. The first-order chi connectivity index (χ1) is 11.1. The second-order valence-corrected chi connectivity index (χ2v) is 6.79. The quantitative estimate of drug-likeness (QED) is 0.906. The largest absolute Gasteiger partial charge is 0.353 e. The molecule has 0 aromatic carbocycles. The van der Waals surface area contributed by atoms with Crippen molar-refractivity contribution in [2.75, 3.05) is 31.1 Å². The van der Waals surface area contributed by atoms with Gasteiger partial charge in [0.2, 0.25) is 5.91 Å². The highest BCUT2D eigenvalue weighted by atomic mass is 35.5. The number of aromatic nitrogens is 2. The summed E-state index contributed by atoms with van der Waals surface area (Å²) in [5.41, 5.74) is 0. The Labute approximate surface area is 142 Å². The molecular formula is C16H24ClN5O. The number of carbonyl (C=O) groups is 1. The Morgan fingerprint density at radius 1 is 1.30 bits per heavy atom. The van der Waals surface area contributed by atoms with Gasteiger partial charge in [-0.15, -0.1) is 0 Å². The zero-order valence-electron chi connectivity index (χ0n) is 13.5. The predicted molar refractivity (Wildman–Crippen MR) is 90.7 cm³/mol. The molecule has 1 aliphatic carbocycles. The van der Waals surface area contributed by atoms with E-state index in [4.69, 9.17) is 11.6 Å². The van der Waals surface area contributed by atoms with Crippen molar-refractivity contribution >= 4 is 23.3 Å². The Morgan fingerprint density at radius 2 is 2.00 bits per heavy atom. The first-order valence-corrected chi connectivity index (χ1v) is 8.78. The summed E-state index contributed by atoms with van der Waals surface area (Å²) in [5.74, 6) is 0.940. The van der Waals surface area contributed by atoms with Crippen LogP contribution in [0.1, 0.15) is 32.6 Å². The number of piperazine rings is 1. The average molecular weight is 338 g/mol. The van der Waals surface area contributed by atoms with E-state index in [9.17, 15) is 4.79 Å². The summed E-state index contributed by atoms with van der Waals surface area (Å²) in [6.45, 7) is 5.30. The Morgan fingerprint density at radius 3 is 2.65 bits per heavy atom. The smallest absolute Gasteiger partial charge is 0.237 e. The van der Waals surface area contributed by atoms with Gasteiger partial charge in [-0.05, 0) is 19.8 Å². The number of hydrogen-bond donors (Lipinski definition) is 1. The molecule has 0 radical (unpaired) electrons. The summed E-state index contributed by atoms with van der Waals surface area (Å²) in [4.78, 5) is 25.0. The molecule has 2 fully saturated rings. The molecule has 1 aliphatic heterocycles. The maximum Gasteiger partial charge on any atom is 0.237 e. The van der Waals surface area contributed by atoms with E-state index < -0.39 is 0 Å². The van der Waals surface area contributed by atoms with E-state index in [1.165, 1.54) is 19.2 Å². The van der Waals surface area contributed by atoms with Gasteiger partial charge < -0.3 is 10.2 Å². The van der Waals surface area contributed by atoms with Gasteiger partial charge in [0, 0.05) is 32.2 Å². The Hall–Kier alpha value is -1.40. The van der Waals surface area contributed by atoms with Crippen LogP contribution >= 0.6 is 11.6 Å². The lowest BCUT2D eigenvalue weighted by Crippen LogP contribution is -2.55. The molecule has 1 N–H and O–H groups in total. The first kappa shape index (κ1) is 16.5. The van der Waals surface area contributed by atoms with Crippen LogP contribution in [0.5, 0.6) is 0 Å². The number of hydrogen-bond acceptors (Lipinski definition) is 5. The zero-order valence-corrected chi connectivity index (χ0v) is 14.3. The number of rotatable bonds is 4. The molecule has 2 heterocycles. The van der Waals surface area contributed by atoms with Crippen molar-refractivity contribution in [3.63, 3.8) is 0 Å². The Balaban J connectivity index is 1.51. The number of amides is 1. The number of nitrogens with zero attached hydrogens (tertiary/aromatic N) is 4. The van der Waals surface area contributed by atoms with Crippen molar-refractivity contribution in [2.24, 2.45) is 0 Å². The van der Waals surface area contributed by atoms with Gasteiger partial charge in [0.1, 0.15) is 11.3 Å². The summed E-state index contributed by atoms with van der Waals surface area (Å²) >= 11 is 6.16. The van der Waals surface area contributed by atoms with Crippen LogP contribution in [0.25, 0.3) is 0 Å². The maximum absolute atomic E-state index is 12.4. The second-order valence-electron chi connectivity index (χ2n) is 6.38. The second kappa shape index (κ2) is 7.45. The fourth-order valence-corrected chi connectivity index (χ4v) is 3.64. The number of anilines is 1. The third-order valence-electron chi connectivity index (χ3n) is 4.89. The van der Waals surface area contributed by atoms with Crippen molar-refractivity contribution in [2.45, 2.75) is 44.7 Å². The predicted octanol–water partition coefficient (Wildman–Crippen LogP) is 1.70. The van der Waals surface area contributed by atoms with Gasteiger partial charge in [0.25, 0.3) is 0 Å². The topological polar surface area (TPSA) is 61.4 Å². The summed E-state index contributed by atoms with van der Waals surface area (Å²) < 4.78 is 0. The minimum atomic E-state index is -0.0846. The first-order valence-electron chi connectivity index (χ1n) is 8.40. The molecule has 1 aromatic rings. The third-order valence-corrected chi connectivity index (χ3v) is 5.16. The van der Waals surface area contributed by atoms with Gasteiger partial charge in [-0.2, -0.15) is 0 Å². The molecule has 6 nitrogen and oxygen atoms in total. The van der Waals surface area contributed by atoms with Crippen LogP contribution in [0.4, 0.5) is 5.82 Å². The molecule has 3 rings (SSSR count). The van der Waals surface area contributed by atoms with Crippen molar-refractivity contribution in [3.05, 3.63) is 17.5 Å². The molecule has 23 heavy (non-hydrogen) atoms. The molecule has 7 heteroatoms. The van der Waals surface area contributed by atoms with Gasteiger partial charge in [0.05, 0.1) is 12.2 Å². The average Bonchev–Trinajstić information content (AvgIpc) is 3.08. The molecule has 126 valence electrons. The van der Waals surface area contributed by atoms with E-state index in [0.717, 1.165) is 44.8 Å². The fraction of sp³-hybridized carbons (Fsp3) is 0.688. The van der Waals surface area contributed by atoms with Crippen molar-refractivity contribution in [1.29, 1.82) is 0 Å². The van der Waals surface area contributed by atoms with Crippen LogP contribution in [0.2, 0.25) is 5.02 Å². The molecule has 0 spiro atoms. The molecule has 1 amide bonds. The minimum absolute atomic E-state index is 0.0846. The summed E-state index contributed by atoms with van der Waals surface area (Å²) in [5, 5.41) is 3.77. The van der Waals surface area contributed by atoms with Crippen LogP contribution in [0, 0.1) is 0 Å². The maximum atomic E-state index is 12.4. The van der Waals surface area contributed by atoms with Crippen molar-refractivity contribution in [3.8, 4) is 0 Å². The molecule has 0 bridgehead atoms. The van der Waals surface area contributed by atoms with Crippen LogP contribution in [0.3, 0.4) is 0 Å². The van der Waals surface area contributed by atoms with Crippen LogP contribution in [-0.4, -0.2) is 59.0 Å². The summed E-state index contributed by atoms with van der Waals surface area (Å²) in [7, 11) is 0. The van der Waals surface area contributed by atoms with Crippen LogP contribution in [0.15, 0.2) is 12.5 Å². The van der Waals surface area contributed by atoms with E-state index in [2.05, 4.69) is 25.1 Å². The molecule has 2 aliphatic rings. The summed E-state index contributed by atoms with van der Waals surface area (Å²) in [6, 6.07) is 0.296. The van der Waals surface area contributed by atoms with E-state index in [0.29, 0.717) is 11.1 Å². The van der Waals surface area contributed by atoms with Gasteiger partial charge >= 0.3 is 0 Å². The van der Waals surface area contributed by atoms with Gasteiger partial charge in [-0.25, -0.2) is 9.97 Å². The van der Waals surface area contributed by atoms with Gasteiger partial charge in [-0.1, -0.05) is 24.4 Å². The third kappa shape index (κ3) is 3.93. The Bertz CT molecular complexity index is 541. The molecule has 1 atom stereocenters. The Kier molecular flexibility index (Phi) is 5.33. The minimum Gasteiger partial charge on any atom is -0.353 e. The van der Waals surface area contributed by atoms with Crippen LogP contribution in [-0.2, 0) is 4.79 Å². The zero-order chi connectivity index (χ0) is 16.2. The van der Waals surface area contributed by atoms with Crippen molar-refractivity contribution in [1.82, 2.24) is 20.2 Å². The highest BCUT2D eigenvalue weighted by molar-refractivity contribution is 6.32. The molecule has 1 saturated carbocycles. The standard InChI is InChI=1S/C16H24ClN5O/c1-12(16(23)20-13-4-2-3-5-13)21-6-8-22(9-7-21)15-14(17)10-18-11-19-15/h10-13H,2-9H2,1H3,(H,20,23). The SMILES string of the molecule is CC(C(=O)NC1CCCC1)N1CCN(c2ncncc2Cl)CC1. The monoisotopic (exact) mass is 337 g/mol. The molecular weight excluding hydrogens is 314 g/mol. The van der Waals surface area contributed by atoms with Gasteiger partial charge in [0.15, 0.2) is 5.82 Å². The number of nitrogens with one attached hydrogen (secondary N) is 1. The van der Waals surface area contributed by atoms with E-state index >= 15 is 0 Å². The fourth-order valence-electron chi connectivity index (χ4n) is 3.42. The van der Waals surface area contributed by atoms with Gasteiger partial charge in [-0.3, -0.25) is 9.69 Å². The van der Waals surface area contributed by atoms with Crippen LogP contribution < -0.4 is 10.2 Å². The number of halogens is 1. The summed E-state index contributed by atoms with van der Waals surface area (Å²) in [6.07, 6.45) is 7.85. The molecule has 1 saturated heterocycles. The van der Waals surface area contributed by atoms with E-state index in [1.807, 2.05) is 6.92 Å². The lowest BCUT2D eigenvalue weighted by molar-refractivity contribution is -0.126. The highest BCUT2D eigenvalue weighted by Crippen LogP contribution is 2.23. The molecule has 1 unspecified atom stereocenters. The lowest BCUT2D eigenvalue weighted by Gasteiger charge is -2.38. The highest BCUT2D eigenvalue weighted by Gasteiger charge is 2.28. The number of carbonyl (C=O) groups excluding carboxylic acids is 1. The van der Waals surface area contributed by atoms with Crippen molar-refractivity contribution < 1.29 is 4.79 Å². The molecule has 1 aromatic heterocycles. The van der Waals surface area contributed by atoms with E-state index in [1.54, 1.807) is 6.20 Å². The van der Waals surface area contributed by atoms with E-state index in [-0.39, 0.29) is 11.9 Å².